The van der Waals surface area contributed by atoms with Crippen molar-refractivity contribution in [1.82, 2.24) is 0 Å². The van der Waals surface area contributed by atoms with Crippen LogP contribution >= 0.6 is 0 Å². The highest BCUT2D eigenvalue weighted by molar-refractivity contribution is 5.74. The van der Waals surface area contributed by atoms with Gasteiger partial charge in [0.2, 0.25) is 0 Å². The summed E-state index contributed by atoms with van der Waals surface area (Å²) in [5.41, 5.74) is 2.13. The van der Waals surface area contributed by atoms with Gasteiger partial charge in [-0.3, -0.25) is 4.79 Å². The van der Waals surface area contributed by atoms with Crippen molar-refractivity contribution in [2.45, 2.75) is 39.0 Å². The third-order valence-corrected chi connectivity index (χ3v) is 3.66. The van der Waals surface area contributed by atoms with E-state index < -0.39 is 0 Å². The average Bonchev–Trinajstić information content (AvgIpc) is 2.29. The van der Waals surface area contributed by atoms with Gasteiger partial charge in [-0.25, -0.2) is 0 Å². The van der Waals surface area contributed by atoms with Crippen LogP contribution in [0.4, 0.5) is 0 Å². The lowest BCUT2D eigenvalue weighted by Crippen LogP contribution is -2.15. The molecule has 86 valence electrons. The summed E-state index contributed by atoms with van der Waals surface area (Å²) in [7, 11) is 0. The molecule has 2 unspecified atom stereocenters. The van der Waals surface area contributed by atoms with E-state index in [0.717, 1.165) is 30.1 Å². The van der Waals surface area contributed by atoms with E-state index >= 15 is 0 Å². The lowest BCUT2D eigenvalue weighted by Gasteiger charge is -2.26. The molecule has 1 saturated carbocycles. The summed E-state index contributed by atoms with van der Waals surface area (Å²) in [6, 6.07) is 8.05. The van der Waals surface area contributed by atoms with Crippen molar-refractivity contribution < 1.29 is 4.79 Å². The van der Waals surface area contributed by atoms with E-state index in [0.29, 0.717) is 0 Å². The molecule has 0 saturated heterocycles. The van der Waals surface area contributed by atoms with Crippen molar-refractivity contribution in [3.05, 3.63) is 35.4 Å². The Hall–Kier alpha value is -1.11. The van der Waals surface area contributed by atoms with Gasteiger partial charge in [0.25, 0.3) is 0 Å². The molecular weight excluding hydrogens is 196 g/mol. The Morgan fingerprint density at radius 2 is 2.25 bits per heavy atom. The molecule has 2 atom stereocenters. The standard InChI is InChI=1S/C15H20O/c1-12-4-2-5-13(8-12)9-14-6-3-7-15(10-14)11-16/h3,6-7,10-13H,2,4-5,8-9H2,1H3. The van der Waals surface area contributed by atoms with Crippen LogP contribution in [0.25, 0.3) is 0 Å². The minimum atomic E-state index is 0.807. The molecule has 0 bridgehead atoms. The van der Waals surface area contributed by atoms with Gasteiger partial charge in [0.1, 0.15) is 6.29 Å². The fourth-order valence-electron chi connectivity index (χ4n) is 2.87. The zero-order valence-corrected chi connectivity index (χ0v) is 9.99. The van der Waals surface area contributed by atoms with Gasteiger partial charge in [-0.2, -0.15) is 0 Å². The van der Waals surface area contributed by atoms with Crippen molar-refractivity contribution in [2.75, 3.05) is 0 Å². The SMILES string of the molecule is CC1CCCC(Cc2cccc(C=O)c2)C1. The minimum Gasteiger partial charge on any atom is -0.298 e. The van der Waals surface area contributed by atoms with Crippen LogP contribution in [-0.4, -0.2) is 6.29 Å². The third kappa shape index (κ3) is 2.94. The lowest BCUT2D eigenvalue weighted by molar-refractivity contribution is 0.112. The predicted molar refractivity (Wildman–Crippen MR) is 66.7 cm³/mol. The molecule has 1 aromatic carbocycles. The fourth-order valence-corrected chi connectivity index (χ4v) is 2.87. The molecule has 16 heavy (non-hydrogen) atoms. The minimum absolute atomic E-state index is 0.807. The number of aldehydes is 1. The van der Waals surface area contributed by atoms with Crippen molar-refractivity contribution in [1.29, 1.82) is 0 Å². The molecule has 0 radical (unpaired) electrons. The first-order valence-corrected chi connectivity index (χ1v) is 6.32. The Labute approximate surface area is 97.9 Å². The third-order valence-electron chi connectivity index (χ3n) is 3.66. The molecule has 0 heterocycles. The quantitative estimate of drug-likeness (QED) is 0.701. The molecular formula is C15H20O. The average molecular weight is 216 g/mol. The van der Waals surface area contributed by atoms with E-state index in [1.165, 1.54) is 31.2 Å². The number of carbonyl (C=O) groups is 1. The van der Waals surface area contributed by atoms with Crippen LogP contribution in [0.15, 0.2) is 24.3 Å². The van der Waals surface area contributed by atoms with Crippen molar-refractivity contribution >= 4 is 6.29 Å². The van der Waals surface area contributed by atoms with E-state index in [2.05, 4.69) is 13.0 Å². The highest BCUT2D eigenvalue weighted by Gasteiger charge is 2.18. The first-order chi connectivity index (χ1) is 7.78. The second-order valence-corrected chi connectivity index (χ2v) is 5.20. The second-order valence-electron chi connectivity index (χ2n) is 5.20. The molecule has 0 aliphatic heterocycles. The molecule has 0 spiro atoms. The summed E-state index contributed by atoms with van der Waals surface area (Å²) in [4.78, 5) is 10.7. The number of hydrogen-bond donors (Lipinski definition) is 0. The van der Waals surface area contributed by atoms with Crippen LogP contribution in [-0.2, 0) is 6.42 Å². The van der Waals surface area contributed by atoms with Gasteiger partial charge in [-0.15, -0.1) is 0 Å². The summed E-state index contributed by atoms with van der Waals surface area (Å²) < 4.78 is 0. The van der Waals surface area contributed by atoms with Crippen LogP contribution in [0.1, 0.15) is 48.5 Å². The largest absolute Gasteiger partial charge is 0.298 e. The fraction of sp³-hybridized carbons (Fsp3) is 0.533. The maximum Gasteiger partial charge on any atom is 0.150 e. The van der Waals surface area contributed by atoms with Gasteiger partial charge in [-0.05, 0) is 36.3 Å². The van der Waals surface area contributed by atoms with Gasteiger partial charge < -0.3 is 0 Å². The first kappa shape index (κ1) is 11.4. The van der Waals surface area contributed by atoms with E-state index in [-0.39, 0.29) is 0 Å². The smallest absolute Gasteiger partial charge is 0.150 e. The van der Waals surface area contributed by atoms with Crippen LogP contribution in [0, 0.1) is 11.8 Å². The maximum absolute atomic E-state index is 10.7. The molecule has 1 fully saturated rings. The number of benzene rings is 1. The Bertz CT molecular complexity index is 356. The zero-order chi connectivity index (χ0) is 11.4. The number of rotatable bonds is 3. The van der Waals surface area contributed by atoms with Crippen LogP contribution in [0.3, 0.4) is 0 Å². The van der Waals surface area contributed by atoms with E-state index in [9.17, 15) is 4.79 Å². The van der Waals surface area contributed by atoms with Crippen molar-refractivity contribution in [2.24, 2.45) is 11.8 Å². The zero-order valence-electron chi connectivity index (χ0n) is 9.99. The molecule has 1 heteroatoms. The molecule has 1 aliphatic carbocycles. The molecule has 0 amide bonds. The molecule has 0 aromatic heterocycles. The normalized spacial score (nSPS) is 25.3. The monoisotopic (exact) mass is 216 g/mol. The topological polar surface area (TPSA) is 17.1 Å². The summed E-state index contributed by atoms with van der Waals surface area (Å²) >= 11 is 0. The summed E-state index contributed by atoms with van der Waals surface area (Å²) in [5.74, 6) is 1.71. The highest BCUT2D eigenvalue weighted by atomic mass is 16.1. The van der Waals surface area contributed by atoms with E-state index in [4.69, 9.17) is 0 Å². The van der Waals surface area contributed by atoms with Crippen LogP contribution in [0.2, 0.25) is 0 Å². The molecule has 2 rings (SSSR count). The Kier molecular flexibility index (Phi) is 3.76. The first-order valence-electron chi connectivity index (χ1n) is 6.32. The van der Waals surface area contributed by atoms with Crippen LogP contribution in [0.5, 0.6) is 0 Å². The second kappa shape index (κ2) is 5.29. The van der Waals surface area contributed by atoms with E-state index in [1.54, 1.807) is 0 Å². The van der Waals surface area contributed by atoms with Crippen LogP contribution < -0.4 is 0 Å². The summed E-state index contributed by atoms with van der Waals surface area (Å²) in [5, 5.41) is 0. The van der Waals surface area contributed by atoms with Gasteiger partial charge in [0.15, 0.2) is 0 Å². The van der Waals surface area contributed by atoms with Gasteiger partial charge in [0.05, 0.1) is 0 Å². The Morgan fingerprint density at radius 1 is 1.38 bits per heavy atom. The highest BCUT2D eigenvalue weighted by Crippen LogP contribution is 2.30. The maximum atomic E-state index is 10.7. The van der Waals surface area contributed by atoms with Gasteiger partial charge in [-0.1, -0.05) is 44.4 Å². The van der Waals surface area contributed by atoms with Gasteiger partial charge in [0, 0.05) is 5.56 Å². The summed E-state index contributed by atoms with van der Waals surface area (Å²) in [6.07, 6.45) is 7.56. The van der Waals surface area contributed by atoms with Crippen molar-refractivity contribution in [3.8, 4) is 0 Å². The molecule has 0 N–H and O–H groups in total. The van der Waals surface area contributed by atoms with Crippen molar-refractivity contribution in [3.63, 3.8) is 0 Å². The number of carbonyl (C=O) groups excluding carboxylic acids is 1. The Balaban J connectivity index is 1.99. The molecule has 1 aromatic rings. The number of hydrogen-bond acceptors (Lipinski definition) is 1. The lowest BCUT2D eigenvalue weighted by atomic mass is 9.79. The Morgan fingerprint density at radius 3 is 3.00 bits per heavy atom. The van der Waals surface area contributed by atoms with Gasteiger partial charge >= 0.3 is 0 Å². The van der Waals surface area contributed by atoms with E-state index in [1.807, 2.05) is 18.2 Å². The summed E-state index contributed by atoms with van der Waals surface area (Å²) in [6.45, 7) is 2.36. The molecule has 1 nitrogen and oxygen atoms in total. The predicted octanol–water partition coefficient (Wildman–Crippen LogP) is 3.87. The molecule has 1 aliphatic rings.